The summed E-state index contributed by atoms with van der Waals surface area (Å²) in [5.74, 6) is 0.424. The van der Waals surface area contributed by atoms with Crippen LogP contribution in [0.25, 0.3) is 0 Å². The van der Waals surface area contributed by atoms with E-state index in [9.17, 15) is 4.79 Å². The summed E-state index contributed by atoms with van der Waals surface area (Å²) in [4.78, 5) is 11.3. The quantitative estimate of drug-likeness (QED) is 0.515. The average molecular weight is 166 g/mol. The minimum absolute atomic E-state index is 0.0709. The van der Waals surface area contributed by atoms with Crippen LogP contribution >= 0.6 is 0 Å². The van der Waals surface area contributed by atoms with E-state index < -0.39 is 0 Å². The van der Waals surface area contributed by atoms with Gasteiger partial charge in [0.05, 0.1) is 6.10 Å². The predicted molar refractivity (Wildman–Crippen MR) is 45.6 cm³/mol. The summed E-state index contributed by atoms with van der Waals surface area (Å²) in [5.41, 5.74) is 0.944. The first-order chi connectivity index (χ1) is 5.77. The predicted octanol–water partition coefficient (Wildman–Crippen LogP) is 2.05. The highest BCUT2D eigenvalue weighted by molar-refractivity contribution is 5.90. The Kier molecular flexibility index (Phi) is 1.91. The topological polar surface area (TPSA) is 26.3 Å². The van der Waals surface area contributed by atoms with Crippen LogP contribution in [0.1, 0.15) is 32.6 Å². The molecular formula is C10H14O2. The smallest absolute Gasteiger partial charge is 0.334 e. The molecule has 1 aliphatic heterocycles. The van der Waals surface area contributed by atoms with Crippen molar-refractivity contribution in [1.29, 1.82) is 0 Å². The van der Waals surface area contributed by atoms with E-state index in [1.807, 2.05) is 6.92 Å². The summed E-state index contributed by atoms with van der Waals surface area (Å²) < 4.78 is 5.15. The van der Waals surface area contributed by atoms with Crippen molar-refractivity contribution in [2.24, 2.45) is 5.92 Å². The molecule has 0 saturated carbocycles. The van der Waals surface area contributed by atoms with Gasteiger partial charge in [0.15, 0.2) is 0 Å². The average Bonchev–Trinajstić information content (AvgIpc) is 2.04. The van der Waals surface area contributed by atoms with Gasteiger partial charge in [-0.1, -0.05) is 6.08 Å². The van der Waals surface area contributed by atoms with E-state index in [0.717, 1.165) is 18.4 Å². The van der Waals surface area contributed by atoms with Gasteiger partial charge in [-0.15, -0.1) is 0 Å². The molecule has 0 N–H and O–H groups in total. The molecule has 0 radical (unpaired) electrons. The van der Waals surface area contributed by atoms with Gasteiger partial charge in [0.1, 0.15) is 0 Å². The Hall–Kier alpha value is -0.790. The van der Waals surface area contributed by atoms with Gasteiger partial charge in [0.25, 0.3) is 0 Å². The molecule has 1 heterocycles. The van der Waals surface area contributed by atoms with Gasteiger partial charge in [-0.2, -0.15) is 0 Å². The number of cyclic esters (lactones) is 1. The normalized spacial score (nSPS) is 35.1. The van der Waals surface area contributed by atoms with Crippen LogP contribution in [0.2, 0.25) is 0 Å². The number of esters is 1. The zero-order chi connectivity index (χ0) is 8.55. The van der Waals surface area contributed by atoms with Gasteiger partial charge in [0.2, 0.25) is 0 Å². The van der Waals surface area contributed by atoms with E-state index >= 15 is 0 Å². The third-order valence-corrected chi connectivity index (χ3v) is 2.72. The first-order valence-corrected chi connectivity index (χ1v) is 4.68. The van der Waals surface area contributed by atoms with Crippen LogP contribution in [0.4, 0.5) is 0 Å². The second kappa shape index (κ2) is 2.92. The molecule has 0 unspecified atom stereocenters. The fraction of sp³-hybridized carbons (Fsp3) is 0.700. The van der Waals surface area contributed by atoms with Gasteiger partial charge in [-0.05, 0) is 38.5 Å². The molecule has 12 heavy (non-hydrogen) atoms. The summed E-state index contributed by atoms with van der Waals surface area (Å²) in [6, 6.07) is 0. The third kappa shape index (κ3) is 1.26. The number of carbonyl (C=O) groups is 1. The first kappa shape index (κ1) is 7.84. The minimum Gasteiger partial charge on any atom is -0.459 e. The Balaban J connectivity index is 2.20. The molecule has 2 heteroatoms. The van der Waals surface area contributed by atoms with Crippen LogP contribution in [-0.4, -0.2) is 12.1 Å². The molecular weight excluding hydrogens is 152 g/mol. The molecule has 2 nitrogen and oxygen atoms in total. The van der Waals surface area contributed by atoms with Crippen molar-refractivity contribution in [1.82, 2.24) is 0 Å². The zero-order valence-electron chi connectivity index (χ0n) is 7.38. The highest BCUT2D eigenvalue weighted by atomic mass is 16.5. The van der Waals surface area contributed by atoms with E-state index in [4.69, 9.17) is 4.74 Å². The summed E-state index contributed by atoms with van der Waals surface area (Å²) >= 11 is 0. The van der Waals surface area contributed by atoms with Gasteiger partial charge in [0, 0.05) is 5.57 Å². The fourth-order valence-corrected chi connectivity index (χ4v) is 2.14. The largest absolute Gasteiger partial charge is 0.459 e. The van der Waals surface area contributed by atoms with Crippen LogP contribution in [-0.2, 0) is 9.53 Å². The molecule has 0 aromatic heterocycles. The van der Waals surface area contributed by atoms with Gasteiger partial charge < -0.3 is 4.74 Å². The van der Waals surface area contributed by atoms with Crippen molar-refractivity contribution in [2.45, 2.75) is 38.7 Å². The minimum atomic E-state index is -0.0709. The molecule has 0 aromatic carbocycles. The first-order valence-electron chi connectivity index (χ1n) is 4.68. The summed E-state index contributed by atoms with van der Waals surface area (Å²) in [5, 5.41) is 0. The van der Waals surface area contributed by atoms with Crippen LogP contribution in [0.5, 0.6) is 0 Å². The summed E-state index contributed by atoms with van der Waals surface area (Å²) in [6.45, 7) is 1.98. The van der Waals surface area contributed by atoms with E-state index in [0.29, 0.717) is 5.92 Å². The Labute approximate surface area is 72.6 Å². The lowest BCUT2D eigenvalue weighted by Gasteiger charge is -2.31. The standard InChI is InChI=1S/C10H14O2/c1-7-6-8-4-2-3-5-9(8)10(11)12-7/h5,7-8H,2-4,6H2,1H3/t7-,8-/m0/s1. The lowest BCUT2D eigenvalue weighted by Crippen LogP contribution is -2.31. The maximum absolute atomic E-state index is 11.3. The number of rotatable bonds is 0. The van der Waals surface area contributed by atoms with E-state index in [-0.39, 0.29) is 12.1 Å². The third-order valence-electron chi connectivity index (χ3n) is 2.72. The number of hydrogen-bond donors (Lipinski definition) is 0. The molecule has 0 bridgehead atoms. The molecule has 2 rings (SSSR count). The molecule has 1 aliphatic carbocycles. The molecule has 0 spiro atoms. The van der Waals surface area contributed by atoms with Crippen LogP contribution < -0.4 is 0 Å². The van der Waals surface area contributed by atoms with Crippen molar-refractivity contribution in [3.63, 3.8) is 0 Å². The van der Waals surface area contributed by atoms with Crippen molar-refractivity contribution in [2.75, 3.05) is 0 Å². The Morgan fingerprint density at radius 2 is 2.42 bits per heavy atom. The van der Waals surface area contributed by atoms with Crippen molar-refractivity contribution in [3.05, 3.63) is 11.6 Å². The number of ether oxygens (including phenoxy) is 1. The maximum atomic E-state index is 11.3. The zero-order valence-corrected chi connectivity index (χ0v) is 7.38. The molecule has 2 aliphatic rings. The van der Waals surface area contributed by atoms with Crippen LogP contribution in [0.15, 0.2) is 11.6 Å². The number of fused-ring (bicyclic) bond motifs is 1. The summed E-state index contributed by atoms with van der Waals surface area (Å²) in [6.07, 6.45) is 6.66. The fourth-order valence-electron chi connectivity index (χ4n) is 2.14. The van der Waals surface area contributed by atoms with Crippen molar-refractivity contribution in [3.8, 4) is 0 Å². The number of hydrogen-bond acceptors (Lipinski definition) is 2. The highest BCUT2D eigenvalue weighted by Crippen LogP contribution is 2.33. The van der Waals surface area contributed by atoms with Crippen LogP contribution in [0.3, 0.4) is 0 Å². The van der Waals surface area contributed by atoms with E-state index in [1.165, 1.54) is 12.8 Å². The van der Waals surface area contributed by atoms with Gasteiger partial charge in [-0.25, -0.2) is 4.79 Å². The van der Waals surface area contributed by atoms with E-state index in [1.54, 1.807) is 0 Å². The molecule has 1 fully saturated rings. The second-order valence-electron chi connectivity index (χ2n) is 3.74. The monoisotopic (exact) mass is 166 g/mol. The van der Waals surface area contributed by atoms with Crippen molar-refractivity contribution >= 4 is 5.97 Å². The van der Waals surface area contributed by atoms with Crippen LogP contribution in [0, 0.1) is 5.92 Å². The highest BCUT2D eigenvalue weighted by Gasteiger charge is 2.31. The maximum Gasteiger partial charge on any atom is 0.334 e. The summed E-state index contributed by atoms with van der Waals surface area (Å²) in [7, 11) is 0. The Bertz CT molecular complexity index is 230. The van der Waals surface area contributed by atoms with Gasteiger partial charge in [-0.3, -0.25) is 0 Å². The lowest BCUT2D eigenvalue weighted by atomic mass is 9.82. The van der Waals surface area contributed by atoms with Crippen molar-refractivity contribution < 1.29 is 9.53 Å². The van der Waals surface area contributed by atoms with Gasteiger partial charge >= 0.3 is 5.97 Å². The number of allylic oxidation sites excluding steroid dienone is 1. The van der Waals surface area contributed by atoms with E-state index in [2.05, 4.69) is 6.08 Å². The Morgan fingerprint density at radius 1 is 1.58 bits per heavy atom. The molecule has 2 atom stereocenters. The lowest BCUT2D eigenvalue weighted by molar-refractivity contribution is -0.148. The number of carbonyl (C=O) groups excluding carboxylic acids is 1. The molecule has 0 aromatic rings. The molecule has 0 amide bonds. The molecule has 1 saturated heterocycles. The Morgan fingerprint density at radius 3 is 3.25 bits per heavy atom. The SMILES string of the molecule is C[C@H]1C[C@@H]2CCCC=C2C(=O)O1. The second-order valence-corrected chi connectivity index (χ2v) is 3.74. The molecule has 66 valence electrons.